The van der Waals surface area contributed by atoms with E-state index in [0.717, 1.165) is 43.4 Å². The van der Waals surface area contributed by atoms with Gasteiger partial charge in [-0.25, -0.2) is 17.9 Å². The number of rotatable bonds is 7. The van der Waals surface area contributed by atoms with Crippen LogP contribution in [-0.4, -0.2) is 58.0 Å². The van der Waals surface area contributed by atoms with Crippen molar-refractivity contribution in [2.24, 2.45) is 5.92 Å². The Bertz CT molecular complexity index is 1200. The molecule has 2 heterocycles. The van der Waals surface area contributed by atoms with Crippen LogP contribution in [0.5, 0.6) is 0 Å². The first kappa shape index (κ1) is 22.2. The molecule has 9 nitrogen and oxygen atoms in total. The Kier molecular flexibility index (Phi) is 5.40. The van der Waals surface area contributed by atoms with Gasteiger partial charge in [-0.3, -0.25) is 0 Å². The van der Waals surface area contributed by atoms with E-state index in [1.165, 1.54) is 6.08 Å². The molecule has 1 N–H and O–H groups in total. The first-order valence-corrected chi connectivity index (χ1v) is 13.1. The lowest BCUT2D eigenvalue weighted by Crippen LogP contribution is -2.52. The van der Waals surface area contributed by atoms with Crippen LogP contribution in [0, 0.1) is 12.8 Å². The molecule has 1 aliphatic heterocycles. The number of imide groups is 1. The highest BCUT2D eigenvalue weighted by molar-refractivity contribution is 7.90. The number of amides is 3. The van der Waals surface area contributed by atoms with Crippen molar-refractivity contribution in [3.05, 3.63) is 41.3 Å². The molecule has 1 aromatic heterocycles. The molecule has 4 aliphatic rings. The van der Waals surface area contributed by atoms with Crippen LogP contribution < -0.4 is 4.72 Å². The summed E-state index contributed by atoms with van der Waals surface area (Å²) < 4.78 is 35.6. The van der Waals surface area contributed by atoms with E-state index in [0.29, 0.717) is 29.6 Å². The summed E-state index contributed by atoms with van der Waals surface area (Å²) in [5.41, 5.74) is 0.961. The summed E-state index contributed by atoms with van der Waals surface area (Å²) >= 11 is 0. The Morgan fingerprint density at radius 1 is 1.27 bits per heavy atom. The number of allylic oxidation sites excluding steroid dienone is 1. The molecule has 1 atom stereocenters. The molecule has 176 valence electrons. The van der Waals surface area contributed by atoms with Gasteiger partial charge in [0, 0.05) is 11.6 Å². The second kappa shape index (κ2) is 8.02. The van der Waals surface area contributed by atoms with E-state index in [4.69, 9.17) is 4.52 Å². The minimum Gasteiger partial charge on any atom is -0.357 e. The fourth-order valence-corrected chi connectivity index (χ4v) is 6.41. The molecule has 3 aliphatic carbocycles. The van der Waals surface area contributed by atoms with Gasteiger partial charge in [0.25, 0.3) is 0 Å². The highest BCUT2D eigenvalue weighted by Gasteiger charge is 2.48. The van der Waals surface area contributed by atoms with Crippen LogP contribution in [0.2, 0.25) is 0 Å². The second-order valence-corrected chi connectivity index (χ2v) is 11.7. The molecular weight excluding hydrogens is 444 g/mol. The van der Waals surface area contributed by atoms with Crippen molar-refractivity contribution < 1.29 is 27.1 Å². The standard InChI is InChI=1S/C23H29N4O5S/c1-15-11-17(32-24-15)14-27-21(28)19-12-18(33(30,31)25-23(2)9-10-23)7-8-20(19)26(22(27)29)13-16-5-3-4-6-16/h7-8,11-12,16,18,25H,3-6,9-10,13-14H2,1-2H3/q+1. The van der Waals surface area contributed by atoms with Crippen molar-refractivity contribution in [2.75, 3.05) is 6.54 Å². The van der Waals surface area contributed by atoms with Gasteiger partial charge in [-0.15, -0.1) is 4.90 Å². The topological polar surface area (TPSA) is 113 Å². The Hall–Kier alpha value is -2.59. The Morgan fingerprint density at radius 2 is 2.00 bits per heavy atom. The minimum absolute atomic E-state index is 0.0538. The normalized spacial score (nSPS) is 25.0. The molecule has 1 aromatic rings. The summed E-state index contributed by atoms with van der Waals surface area (Å²) in [5.74, 6) is 0.239. The molecule has 3 amide bonds. The molecule has 10 heteroatoms. The van der Waals surface area contributed by atoms with Crippen molar-refractivity contribution in [3.8, 4) is 0 Å². The van der Waals surface area contributed by atoms with Gasteiger partial charge in [0.2, 0.25) is 10.0 Å². The number of nitrogens with zero attached hydrogens (tertiary/aromatic N) is 3. The van der Waals surface area contributed by atoms with Crippen LogP contribution in [-0.2, 0) is 21.4 Å². The van der Waals surface area contributed by atoms with Crippen molar-refractivity contribution in [1.82, 2.24) is 14.8 Å². The molecular formula is C23H29N4O5S+. The first-order chi connectivity index (χ1) is 15.7. The number of sulfonamides is 1. The van der Waals surface area contributed by atoms with Crippen molar-refractivity contribution in [2.45, 2.75) is 69.7 Å². The largest absolute Gasteiger partial charge is 0.501 e. The lowest BCUT2D eigenvalue weighted by molar-refractivity contribution is -0.445. The van der Waals surface area contributed by atoms with Crippen LogP contribution >= 0.6 is 0 Å². The van der Waals surface area contributed by atoms with Gasteiger partial charge < -0.3 is 4.52 Å². The van der Waals surface area contributed by atoms with Crippen LogP contribution in [0.4, 0.5) is 4.79 Å². The zero-order chi connectivity index (χ0) is 23.4. The minimum atomic E-state index is -3.71. The lowest BCUT2D eigenvalue weighted by Gasteiger charge is -2.27. The quantitative estimate of drug-likeness (QED) is 0.609. The van der Waals surface area contributed by atoms with Crippen LogP contribution in [0.1, 0.15) is 56.9 Å². The van der Waals surface area contributed by atoms with Gasteiger partial charge in [-0.05, 0) is 57.6 Å². The molecule has 2 fully saturated rings. The Morgan fingerprint density at radius 3 is 2.64 bits per heavy atom. The average Bonchev–Trinajstić information content (AvgIpc) is 3.14. The smallest absolute Gasteiger partial charge is 0.357 e. The van der Waals surface area contributed by atoms with E-state index < -0.39 is 32.8 Å². The molecule has 33 heavy (non-hydrogen) atoms. The fraction of sp³-hybridized carbons (Fsp3) is 0.565. The Balaban J connectivity index is 1.51. The number of hydrogen-bond acceptors (Lipinski definition) is 6. The van der Waals surface area contributed by atoms with Gasteiger partial charge in [0.15, 0.2) is 12.3 Å². The SMILES string of the molecule is Cc1cc(CN2C(=O)C3=CC(S(=O)(=O)NC4(C)CC4)C=CC3=[N+](CC3CCCC3)C2=O)on1. The maximum atomic E-state index is 13.4. The monoisotopic (exact) mass is 473 g/mol. The summed E-state index contributed by atoms with van der Waals surface area (Å²) in [6.45, 7) is 4.09. The van der Waals surface area contributed by atoms with E-state index in [1.807, 2.05) is 6.92 Å². The molecule has 0 aromatic carbocycles. The third-order valence-electron chi connectivity index (χ3n) is 6.93. The second-order valence-electron chi connectivity index (χ2n) is 9.87. The number of aryl methyl sites for hydroxylation is 1. The number of urea groups is 1. The van der Waals surface area contributed by atoms with E-state index in [9.17, 15) is 18.0 Å². The highest BCUT2D eigenvalue weighted by Crippen LogP contribution is 2.36. The molecule has 0 bridgehead atoms. The predicted molar refractivity (Wildman–Crippen MR) is 120 cm³/mol. The zero-order valence-corrected chi connectivity index (χ0v) is 19.7. The van der Waals surface area contributed by atoms with Gasteiger partial charge in [-0.2, -0.15) is 9.37 Å². The molecule has 0 saturated heterocycles. The Labute approximate surface area is 193 Å². The maximum Gasteiger partial charge on any atom is 0.501 e. The number of nitrogens with one attached hydrogen (secondary N) is 1. The van der Waals surface area contributed by atoms with Crippen molar-refractivity contribution >= 4 is 27.7 Å². The molecule has 5 rings (SSSR count). The molecule has 0 radical (unpaired) electrons. The van der Waals surface area contributed by atoms with Crippen LogP contribution in [0.15, 0.2) is 34.4 Å². The third-order valence-corrected chi connectivity index (χ3v) is 8.72. The summed E-state index contributed by atoms with van der Waals surface area (Å²) in [7, 11) is -3.71. The number of hydrogen-bond donors (Lipinski definition) is 1. The fourth-order valence-electron chi connectivity index (χ4n) is 4.79. The summed E-state index contributed by atoms with van der Waals surface area (Å²) in [6, 6.07) is 1.27. The summed E-state index contributed by atoms with van der Waals surface area (Å²) in [5, 5.41) is 2.87. The number of aromatic nitrogens is 1. The van der Waals surface area contributed by atoms with Crippen molar-refractivity contribution in [1.29, 1.82) is 0 Å². The van der Waals surface area contributed by atoms with E-state index >= 15 is 0 Å². The third kappa shape index (κ3) is 4.33. The van der Waals surface area contributed by atoms with Crippen LogP contribution in [0.25, 0.3) is 0 Å². The predicted octanol–water partition coefficient (Wildman–Crippen LogP) is 2.43. The van der Waals surface area contributed by atoms with Crippen molar-refractivity contribution in [3.63, 3.8) is 0 Å². The summed E-state index contributed by atoms with van der Waals surface area (Å²) in [4.78, 5) is 28.0. The van der Waals surface area contributed by atoms with Gasteiger partial charge in [-0.1, -0.05) is 24.1 Å². The van der Waals surface area contributed by atoms with Gasteiger partial charge >= 0.3 is 11.9 Å². The van der Waals surface area contributed by atoms with Gasteiger partial charge in [0.05, 0.1) is 12.2 Å². The average molecular weight is 474 g/mol. The number of fused-ring (bicyclic) bond motifs is 1. The molecule has 2 saturated carbocycles. The lowest BCUT2D eigenvalue weighted by atomic mass is 9.98. The molecule has 1 unspecified atom stereocenters. The van der Waals surface area contributed by atoms with E-state index in [2.05, 4.69) is 9.88 Å². The number of carbonyl (C=O) groups is 2. The van der Waals surface area contributed by atoms with E-state index in [-0.39, 0.29) is 12.1 Å². The van der Waals surface area contributed by atoms with E-state index in [1.54, 1.807) is 29.7 Å². The van der Waals surface area contributed by atoms with Gasteiger partial charge in [0.1, 0.15) is 16.5 Å². The maximum absolute atomic E-state index is 13.4. The first-order valence-electron chi connectivity index (χ1n) is 11.5. The van der Waals surface area contributed by atoms with Crippen LogP contribution in [0.3, 0.4) is 0 Å². The highest BCUT2D eigenvalue weighted by atomic mass is 32.2. The zero-order valence-electron chi connectivity index (χ0n) is 18.9. The number of carbonyl (C=O) groups excluding carboxylic acids is 2. The summed E-state index contributed by atoms with van der Waals surface area (Å²) in [6.07, 6.45) is 10.6. The molecule has 0 spiro atoms.